The molecule has 1 aromatic rings. The highest BCUT2D eigenvalue weighted by atomic mass is 32.2. The fourth-order valence-corrected chi connectivity index (χ4v) is 1.93. The third kappa shape index (κ3) is 1.64. The molecular weight excluding hydrogens is 200 g/mol. The van der Waals surface area contributed by atoms with Crippen LogP contribution in [0.5, 0.6) is 0 Å². The summed E-state index contributed by atoms with van der Waals surface area (Å²) < 4.78 is 22.1. The topological polar surface area (TPSA) is 72.2 Å². The average molecular weight is 210 g/mol. The van der Waals surface area contributed by atoms with Crippen LogP contribution in [0.15, 0.2) is 29.3 Å². The summed E-state index contributed by atoms with van der Waals surface area (Å²) in [5.41, 5.74) is 1.97. The largest absolute Gasteiger partial charge is 0.387 e. The van der Waals surface area contributed by atoms with E-state index in [1.165, 1.54) is 6.07 Å². The molecule has 0 bridgehead atoms. The van der Waals surface area contributed by atoms with Gasteiger partial charge in [-0.15, -0.1) is 0 Å². The second-order valence-electron chi connectivity index (χ2n) is 3.12. The van der Waals surface area contributed by atoms with E-state index in [0.29, 0.717) is 0 Å². The van der Waals surface area contributed by atoms with Crippen molar-refractivity contribution in [3.8, 4) is 0 Å². The van der Waals surface area contributed by atoms with E-state index in [1.54, 1.807) is 18.3 Å². The lowest BCUT2D eigenvalue weighted by Gasteiger charge is -2.12. The number of sulfonamides is 1. The standard InChI is InChI=1S/C9H10N2O2S/c10-14(12,13)9-2-1-8-6-11-4-3-7(8)5-9/h1-5,11H,6H2,(H2,10,12,13). The molecule has 4 nitrogen and oxygen atoms in total. The van der Waals surface area contributed by atoms with Crippen molar-refractivity contribution in [3.05, 3.63) is 35.5 Å². The van der Waals surface area contributed by atoms with Gasteiger partial charge in [0.15, 0.2) is 0 Å². The highest BCUT2D eigenvalue weighted by Gasteiger charge is 2.11. The van der Waals surface area contributed by atoms with Crippen LogP contribution >= 0.6 is 0 Å². The molecule has 2 rings (SSSR count). The maximum absolute atomic E-state index is 11.1. The van der Waals surface area contributed by atoms with E-state index in [4.69, 9.17) is 5.14 Å². The number of nitrogens with one attached hydrogen (secondary N) is 1. The number of benzene rings is 1. The highest BCUT2D eigenvalue weighted by molar-refractivity contribution is 7.89. The fraction of sp³-hybridized carbons (Fsp3) is 0.111. The van der Waals surface area contributed by atoms with Crippen molar-refractivity contribution in [1.29, 1.82) is 0 Å². The van der Waals surface area contributed by atoms with Crippen LogP contribution in [-0.4, -0.2) is 8.42 Å². The molecule has 0 amide bonds. The molecule has 5 heteroatoms. The second kappa shape index (κ2) is 3.11. The highest BCUT2D eigenvalue weighted by Crippen LogP contribution is 2.18. The van der Waals surface area contributed by atoms with Crippen molar-refractivity contribution in [2.75, 3.05) is 0 Å². The number of primary sulfonamides is 1. The van der Waals surface area contributed by atoms with Gasteiger partial charge in [-0.05, 0) is 35.5 Å². The minimum Gasteiger partial charge on any atom is -0.387 e. The number of nitrogens with two attached hydrogens (primary N) is 1. The van der Waals surface area contributed by atoms with E-state index >= 15 is 0 Å². The van der Waals surface area contributed by atoms with Crippen LogP contribution in [0.1, 0.15) is 11.1 Å². The van der Waals surface area contributed by atoms with Crippen LogP contribution in [0.25, 0.3) is 6.08 Å². The third-order valence-electron chi connectivity index (χ3n) is 2.12. The zero-order valence-corrected chi connectivity index (χ0v) is 8.21. The Morgan fingerprint density at radius 1 is 1.36 bits per heavy atom. The van der Waals surface area contributed by atoms with E-state index in [2.05, 4.69) is 5.32 Å². The molecule has 0 radical (unpaired) electrons. The molecule has 0 atom stereocenters. The SMILES string of the molecule is NS(=O)(=O)c1ccc2c(c1)C=CNC2. The van der Waals surface area contributed by atoms with Gasteiger partial charge in [-0.1, -0.05) is 6.07 Å². The van der Waals surface area contributed by atoms with Gasteiger partial charge in [0.2, 0.25) is 10.0 Å². The van der Waals surface area contributed by atoms with Crippen molar-refractivity contribution in [2.45, 2.75) is 11.4 Å². The second-order valence-corrected chi connectivity index (χ2v) is 4.68. The third-order valence-corrected chi connectivity index (χ3v) is 3.03. The molecule has 0 spiro atoms. The van der Waals surface area contributed by atoms with Gasteiger partial charge in [0.1, 0.15) is 0 Å². The lowest BCUT2D eigenvalue weighted by atomic mass is 10.1. The maximum atomic E-state index is 11.1. The Morgan fingerprint density at radius 2 is 2.14 bits per heavy atom. The summed E-state index contributed by atoms with van der Waals surface area (Å²) in [6.45, 7) is 0.719. The van der Waals surface area contributed by atoms with Crippen LogP contribution < -0.4 is 10.5 Å². The molecule has 1 aliphatic rings. The van der Waals surface area contributed by atoms with E-state index in [1.807, 2.05) is 6.08 Å². The number of hydrogen-bond acceptors (Lipinski definition) is 3. The van der Waals surface area contributed by atoms with Gasteiger partial charge in [0.05, 0.1) is 4.90 Å². The summed E-state index contributed by atoms with van der Waals surface area (Å²) in [7, 11) is -3.59. The summed E-state index contributed by atoms with van der Waals surface area (Å²) in [4.78, 5) is 0.155. The Kier molecular flexibility index (Phi) is 2.05. The Balaban J connectivity index is 2.56. The van der Waals surface area contributed by atoms with Crippen molar-refractivity contribution in [2.24, 2.45) is 5.14 Å². The van der Waals surface area contributed by atoms with Crippen LogP contribution in [0.4, 0.5) is 0 Å². The molecule has 0 aliphatic carbocycles. The predicted molar refractivity (Wildman–Crippen MR) is 53.7 cm³/mol. The molecular formula is C9H10N2O2S. The number of rotatable bonds is 1. The van der Waals surface area contributed by atoms with Crippen molar-refractivity contribution in [3.63, 3.8) is 0 Å². The van der Waals surface area contributed by atoms with Gasteiger partial charge in [-0.3, -0.25) is 0 Å². The minimum absolute atomic E-state index is 0.155. The molecule has 74 valence electrons. The van der Waals surface area contributed by atoms with Gasteiger partial charge in [0.25, 0.3) is 0 Å². The first-order chi connectivity index (χ1) is 6.57. The van der Waals surface area contributed by atoms with Gasteiger partial charge in [-0.25, -0.2) is 13.6 Å². The van der Waals surface area contributed by atoms with Gasteiger partial charge in [-0.2, -0.15) is 0 Å². The molecule has 0 saturated heterocycles. The smallest absolute Gasteiger partial charge is 0.238 e. The molecule has 0 aromatic heterocycles. The van der Waals surface area contributed by atoms with Crippen LogP contribution in [0.3, 0.4) is 0 Å². The molecule has 0 unspecified atom stereocenters. The zero-order valence-electron chi connectivity index (χ0n) is 7.40. The predicted octanol–water partition coefficient (Wildman–Crippen LogP) is 0.408. The summed E-state index contributed by atoms with van der Waals surface area (Å²) in [5.74, 6) is 0. The van der Waals surface area contributed by atoms with Crippen LogP contribution in [-0.2, 0) is 16.6 Å². The van der Waals surface area contributed by atoms with Crippen LogP contribution in [0.2, 0.25) is 0 Å². The van der Waals surface area contributed by atoms with E-state index < -0.39 is 10.0 Å². The Hall–Kier alpha value is -1.33. The van der Waals surface area contributed by atoms with Crippen molar-refractivity contribution >= 4 is 16.1 Å². The Bertz CT molecular complexity index is 492. The monoisotopic (exact) mass is 210 g/mol. The van der Waals surface area contributed by atoms with Gasteiger partial charge >= 0.3 is 0 Å². The summed E-state index contributed by atoms with van der Waals surface area (Å²) >= 11 is 0. The first-order valence-corrected chi connectivity index (χ1v) is 5.68. The lowest BCUT2D eigenvalue weighted by molar-refractivity contribution is 0.597. The summed E-state index contributed by atoms with van der Waals surface area (Å²) in [6, 6.07) is 4.88. The molecule has 3 N–H and O–H groups in total. The Labute approximate surface area is 82.5 Å². The van der Waals surface area contributed by atoms with E-state index in [-0.39, 0.29) is 4.90 Å². The Morgan fingerprint density at radius 3 is 2.86 bits per heavy atom. The quantitative estimate of drug-likeness (QED) is 0.705. The summed E-state index contributed by atoms with van der Waals surface area (Å²) in [6.07, 6.45) is 3.61. The van der Waals surface area contributed by atoms with E-state index in [0.717, 1.165) is 17.7 Å². The van der Waals surface area contributed by atoms with Gasteiger partial charge < -0.3 is 5.32 Å². The molecule has 0 saturated carbocycles. The molecule has 14 heavy (non-hydrogen) atoms. The first kappa shape index (κ1) is 9.23. The lowest BCUT2D eigenvalue weighted by Crippen LogP contribution is -2.14. The molecule has 1 aliphatic heterocycles. The maximum Gasteiger partial charge on any atom is 0.238 e. The molecule has 0 fully saturated rings. The van der Waals surface area contributed by atoms with Crippen LogP contribution in [0, 0.1) is 0 Å². The molecule has 1 aromatic carbocycles. The van der Waals surface area contributed by atoms with Gasteiger partial charge in [0, 0.05) is 6.54 Å². The summed E-state index contributed by atoms with van der Waals surface area (Å²) in [5, 5.41) is 8.06. The minimum atomic E-state index is -3.59. The molecule has 1 heterocycles. The fourth-order valence-electron chi connectivity index (χ4n) is 1.38. The average Bonchev–Trinajstić information content (AvgIpc) is 2.16. The van der Waals surface area contributed by atoms with E-state index in [9.17, 15) is 8.42 Å². The number of hydrogen-bond donors (Lipinski definition) is 2. The van der Waals surface area contributed by atoms with Crippen molar-refractivity contribution in [1.82, 2.24) is 5.32 Å². The normalized spacial score (nSPS) is 14.6. The number of fused-ring (bicyclic) bond motifs is 1. The first-order valence-electron chi connectivity index (χ1n) is 4.13. The van der Waals surface area contributed by atoms with Crippen molar-refractivity contribution < 1.29 is 8.42 Å². The zero-order chi connectivity index (χ0) is 10.2.